The van der Waals surface area contributed by atoms with Crippen LogP contribution < -0.4 is 16.0 Å². The third kappa shape index (κ3) is 4.13. The highest BCUT2D eigenvalue weighted by atomic mass is 32.1. The fraction of sp³-hybridized carbons (Fsp3) is 0.348. The van der Waals surface area contributed by atoms with Crippen LogP contribution >= 0.6 is 11.3 Å². The van der Waals surface area contributed by atoms with Gasteiger partial charge in [-0.3, -0.25) is 4.40 Å². The Bertz CT molecular complexity index is 1170. The molecular formula is C23H26N6O2S. The minimum Gasteiger partial charge on any atom is -0.462 e. The molecule has 1 fully saturated rings. The van der Waals surface area contributed by atoms with Crippen LogP contribution in [0.1, 0.15) is 35.8 Å². The molecule has 32 heavy (non-hydrogen) atoms. The SMILES string of the molecule is CCOC(=O)c1ccc(-c2nc3sccn3c2C2=CCNC(NC3CCCNC3)=N2)cc1. The number of fused-ring (bicyclic) bond motifs is 1. The molecule has 5 rings (SSSR count). The Hall–Kier alpha value is -3.17. The summed E-state index contributed by atoms with van der Waals surface area (Å²) in [6.07, 6.45) is 6.40. The van der Waals surface area contributed by atoms with E-state index in [2.05, 4.69) is 26.4 Å². The van der Waals surface area contributed by atoms with Gasteiger partial charge < -0.3 is 20.7 Å². The zero-order chi connectivity index (χ0) is 21.9. The summed E-state index contributed by atoms with van der Waals surface area (Å²) in [4.78, 5) is 22.7. The minimum atomic E-state index is -0.316. The monoisotopic (exact) mass is 450 g/mol. The van der Waals surface area contributed by atoms with E-state index in [0.717, 1.165) is 59.5 Å². The lowest BCUT2D eigenvalue weighted by Gasteiger charge is -2.26. The van der Waals surface area contributed by atoms with E-state index >= 15 is 0 Å². The van der Waals surface area contributed by atoms with Gasteiger partial charge in [0.2, 0.25) is 0 Å². The van der Waals surface area contributed by atoms with Crippen molar-refractivity contribution in [1.82, 2.24) is 25.3 Å². The predicted octanol–water partition coefficient (Wildman–Crippen LogP) is 2.88. The number of esters is 1. The van der Waals surface area contributed by atoms with Gasteiger partial charge in [0.25, 0.3) is 0 Å². The Kier molecular flexibility index (Phi) is 5.91. The van der Waals surface area contributed by atoms with Crippen LogP contribution in [0.2, 0.25) is 0 Å². The maximum atomic E-state index is 12.0. The topological polar surface area (TPSA) is 92.0 Å². The number of piperidine rings is 1. The highest BCUT2D eigenvalue weighted by Crippen LogP contribution is 2.32. The number of guanidine groups is 1. The third-order valence-corrected chi connectivity index (χ3v) is 6.37. The first-order valence-corrected chi connectivity index (χ1v) is 11.8. The van der Waals surface area contributed by atoms with Crippen molar-refractivity contribution < 1.29 is 9.53 Å². The molecule has 9 heteroatoms. The second-order valence-corrected chi connectivity index (χ2v) is 8.65. The van der Waals surface area contributed by atoms with Crippen molar-refractivity contribution in [3.05, 3.63) is 53.2 Å². The number of imidazole rings is 1. The van der Waals surface area contributed by atoms with Gasteiger partial charge >= 0.3 is 5.97 Å². The second kappa shape index (κ2) is 9.13. The van der Waals surface area contributed by atoms with Crippen LogP contribution in [-0.4, -0.2) is 53.6 Å². The lowest BCUT2D eigenvalue weighted by molar-refractivity contribution is 0.0526. The van der Waals surface area contributed by atoms with E-state index < -0.39 is 0 Å². The maximum absolute atomic E-state index is 12.0. The fourth-order valence-electron chi connectivity index (χ4n) is 4.06. The van der Waals surface area contributed by atoms with E-state index in [-0.39, 0.29) is 5.97 Å². The number of carbonyl (C=O) groups excluding carboxylic acids is 1. The van der Waals surface area contributed by atoms with Crippen LogP contribution in [0.5, 0.6) is 0 Å². The van der Waals surface area contributed by atoms with E-state index in [4.69, 9.17) is 14.7 Å². The summed E-state index contributed by atoms with van der Waals surface area (Å²) >= 11 is 1.59. The number of nitrogens with one attached hydrogen (secondary N) is 3. The molecule has 166 valence electrons. The molecule has 8 nitrogen and oxygen atoms in total. The zero-order valence-electron chi connectivity index (χ0n) is 17.9. The summed E-state index contributed by atoms with van der Waals surface area (Å²) in [5.41, 5.74) is 4.15. The van der Waals surface area contributed by atoms with E-state index in [1.807, 2.05) is 23.7 Å². The molecule has 0 radical (unpaired) electrons. The Morgan fingerprint density at radius 1 is 1.34 bits per heavy atom. The first-order valence-electron chi connectivity index (χ1n) is 11.0. The molecule has 2 aromatic heterocycles. The molecule has 1 saturated heterocycles. The third-order valence-electron chi connectivity index (χ3n) is 5.61. The quantitative estimate of drug-likeness (QED) is 0.518. The zero-order valence-corrected chi connectivity index (χ0v) is 18.7. The van der Waals surface area contributed by atoms with Gasteiger partial charge in [0.1, 0.15) is 0 Å². The van der Waals surface area contributed by atoms with Crippen molar-refractivity contribution in [3.8, 4) is 11.3 Å². The van der Waals surface area contributed by atoms with Crippen molar-refractivity contribution in [2.75, 3.05) is 26.2 Å². The molecule has 3 N–H and O–H groups in total. The molecule has 0 bridgehead atoms. The Labute approximate surface area is 190 Å². The summed E-state index contributed by atoms with van der Waals surface area (Å²) in [6.45, 7) is 4.87. The summed E-state index contributed by atoms with van der Waals surface area (Å²) in [7, 11) is 0. The number of rotatable bonds is 5. The average Bonchev–Trinajstić information content (AvgIpc) is 3.42. The average molecular weight is 451 g/mol. The summed E-state index contributed by atoms with van der Waals surface area (Å²) < 4.78 is 7.18. The smallest absolute Gasteiger partial charge is 0.338 e. The first kappa shape index (κ1) is 20.7. The van der Waals surface area contributed by atoms with Gasteiger partial charge in [0.05, 0.1) is 29.3 Å². The van der Waals surface area contributed by atoms with Gasteiger partial charge in [-0.2, -0.15) is 0 Å². The molecule has 0 saturated carbocycles. The van der Waals surface area contributed by atoms with E-state index in [0.29, 0.717) is 24.8 Å². The largest absolute Gasteiger partial charge is 0.462 e. The summed E-state index contributed by atoms with van der Waals surface area (Å²) in [6, 6.07) is 7.78. The number of aromatic nitrogens is 2. The summed E-state index contributed by atoms with van der Waals surface area (Å²) in [5, 5.41) is 12.3. The number of ether oxygens (including phenoxy) is 1. The van der Waals surface area contributed by atoms with E-state index in [9.17, 15) is 4.79 Å². The number of nitrogens with zero attached hydrogens (tertiary/aromatic N) is 3. The molecule has 0 aliphatic carbocycles. The second-order valence-electron chi connectivity index (χ2n) is 7.78. The molecule has 1 unspecified atom stereocenters. The Balaban J connectivity index is 1.48. The molecule has 4 heterocycles. The van der Waals surface area contributed by atoms with Crippen LogP contribution in [0.3, 0.4) is 0 Å². The lowest BCUT2D eigenvalue weighted by Crippen LogP contribution is -2.50. The minimum absolute atomic E-state index is 0.316. The van der Waals surface area contributed by atoms with Crippen molar-refractivity contribution in [3.63, 3.8) is 0 Å². The van der Waals surface area contributed by atoms with Crippen molar-refractivity contribution in [2.24, 2.45) is 4.99 Å². The normalized spacial score (nSPS) is 18.6. The van der Waals surface area contributed by atoms with Gasteiger partial charge in [0, 0.05) is 36.3 Å². The first-order chi connectivity index (χ1) is 15.7. The molecular weight excluding hydrogens is 424 g/mol. The Morgan fingerprint density at radius 3 is 3.00 bits per heavy atom. The standard InChI is InChI=1S/C23H26N6O2S/c1-2-31-21(30)16-7-5-15(6-8-16)19-20(29-12-13-32-23(29)28-19)18-9-11-25-22(27-18)26-17-4-3-10-24-14-17/h5-9,12-13,17,24H,2-4,10-11,14H2,1H3,(H2,25,26,27). The molecule has 1 aromatic carbocycles. The van der Waals surface area contributed by atoms with Crippen LogP contribution in [0.25, 0.3) is 21.9 Å². The number of hydrogen-bond donors (Lipinski definition) is 3. The lowest BCUT2D eigenvalue weighted by atomic mass is 10.1. The molecule has 2 aliphatic heterocycles. The van der Waals surface area contributed by atoms with Crippen molar-refractivity contribution in [2.45, 2.75) is 25.8 Å². The van der Waals surface area contributed by atoms with Crippen LogP contribution in [0.4, 0.5) is 0 Å². The number of benzene rings is 1. The van der Waals surface area contributed by atoms with Crippen molar-refractivity contribution >= 4 is 33.9 Å². The number of hydrogen-bond acceptors (Lipinski definition) is 8. The highest BCUT2D eigenvalue weighted by Gasteiger charge is 2.22. The summed E-state index contributed by atoms with van der Waals surface area (Å²) in [5.74, 6) is 0.480. The van der Waals surface area contributed by atoms with Crippen LogP contribution in [-0.2, 0) is 4.74 Å². The van der Waals surface area contributed by atoms with Crippen LogP contribution in [0.15, 0.2) is 46.9 Å². The fourth-order valence-corrected chi connectivity index (χ4v) is 4.78. The number of thiazole rings is 1. The predicted molar refractivity (Wildman–Crippen MR) is 127 cm³/mol. The van der Waals surface area contributed by atoms with Gasteiger partial charge in [-0.05, 0) is 44.5 Å². The number of carbonyl (C=O) groups is 1. The van der Waals surface area contributed by atoms with Crippen LogP contribution in [0, 0.1) is 0 Å². The Morgan fingerprint density at radius 2 is 2.22 bits per heavy atom. The van der Waals surface area contributed by atoms with Gasteiger partial charge in [-0.1, -0.05) is 12.1 Å². The maximum Gasteiger partial charge on any atom is 0.338 e. The van der Waals surface area contributed by atoms with Gasteiger partial charge in [0.15, 0.2) is 10.9 Å². The number of aliphatic imine (C=N–C) groups is 1. The molecule has 0 spiro atoms. The van der Waals surface area contributed by atoms with E-state index in [1.165, 1.54) is 0 Å². The molecule has 2 aliphatic rings. The van der Waals surface area contributed by atoms with Gasteiger partial charge in [-0.15, -0.1) is 11.3 Å². The highest BCUT2D eigenvalue weighted by molar-refractivity contribution is 7.15. The van der Waals surface area contributed by atoms with Gasteiger partial charge in [-0.25, -0.2) is 14.8 Å². The molecule has 1 atom stereocenters. The molecule has 0 amide bonds. The molecule has 3 aromatic rings. The van der Waals surface area contributed by atoms with Crippen molar-refractivity contribution in [1.29, 1.82) is 0 Å². The van der Waals surface area contributed by atoms with E-state index in [1.54, 1.807) is 30.4 Å².